The Morgan fingerprint density at radius 1 is 1.38 bits per heavy atom. The van der Waals surface area contributed by atoms with Crippen LogP contribution in [0.25, 0.3) is 0 Å². The highest BCUT2D eigenvalue weighted by molar-refractivity contribution is 6.28. The van der Waals surface area contributed by atoms with Crippen molar-refractivity contribution in [1.29, 1.82) is 0 Å². The van der Waals surface area contributed by atoms with Crippen LogP contribution in [0, 0.1) is 5.41 Å². The van der Waals surface area contributed by atoms with Crippen molar-refractivity contribution in [2.45, 2.75) is 20.3 Å². The highest BCUT2D eigenvalue weighted by atomic mass is 35.5. The summed E-state index contributed by atoms with van der Waals surface area (Å²) >= 11 is 5.64. The van der Waals surface area contributed by atoms with Gasteiger partial charge in [0.05, 0.1) is 0 Å². The Kier molecular flexibility index (Phi) is 4.26. The number of rotatable bonds is 5. The number of aromatic nitrogens is 3. The second-order valence-electron chi connectivity index (χ2n) is 4.28. The molecule has 7 heteroatoms. The summed E-state index contributed by atoms with van der Waals surface area (Å²) in [5.41, 5.74) is 5.38. The average Bonchev–Trinajstić information content (AvgIpc) is 2.13. The summed E-state index contributed by atoms with van der Waals surface area (Å²) < 4.78 is 0. The molecule has 0 fully saturated rings. The van der Waals surface area contributed by atoms with Crippen molar-refractivity contribution in [3.63, 3.8) is 0 Å². The zero-order valence-corrected chi connectivity index (χ0v) is 10.1. The van der Waals surface area contributed by atoms with Crippen molar-refractivity contribution < 1.29 is 5.11 Å². The first-order valence-corrected chi connectivity index (χ1v) is 5.32. The average molecular weight is 246 g/mol. The fourth-order valence-corrected chi connectivity index (χ4v) is 1.32. The van der Waals surface area contributed by atoms with E-state index in [1.54, 1.807) is 0 Å². The molecule has 0 bridgehead atoms. The summed E-state index contributed by atoms with van der Waals surface area (Å²) in [6.07, 6.45) is 0.689. The normalized spacial score (nSPS) is 11.5. The maximum Gasteiger partial charge on any atom is 0.228 e. The molecule has 0 spiro atoms. The fraction of sp³-hybridized carbons (Fsp3) is 0.667. The minimum Gasteiger partial charge on any atom is -0.396 e. The largest absolute Gasteiger partial charge is 0.396 e. The van der Waals surface area contributed by atoms with Crippen molar-refractivity contribution in [2.24, 2.45) is 5.41 Å². The maximum atomic E-state index is 8.88. The Labute approximate surface area is 99.3 Å². The Morgan fingerprint density at radius 3 is 2.62 bits per heavy atom. The van der Waals surface area contributed by atoms with E-state index in [0.29, 0.717) is 18.9 Å². The van der Waals surface area contributed by atoms with Gasteiger partial charge in [-0.1, -0.05) is 13.8 Å². The van der Waals surface area contributed by atoms with Crippen molar-refractivity contribution >= 4 is 23.5 Å². The zero-order valence-electron chi connectivity index (χ0n) is 9.37. The van der Waals surface area contributed by atoms with Gasteiger partial charge in [-0.3, -0.25) is 0 Å². The van der Waals surface area contributed by atoms with Crippen LogP contribution in [0.5, 0.6) is 0 Å². The van der Waals surface area contributed by atoms with Gasteiger partial charge in [-0.05, 0) is 23.4 Å². The van der Waals surface area contributed by atoms with Gasteiger partial charge >= 0.3 is 0 Å². The van der Waals surface area contributed by atoms with E-state index in [2.05, 4.69) is 20.3 Å². The smallest absolute Gasteiger partial charge is 0.228 e. The molecular weight excluding hydrogens is 230 g/mol. The van der Waals surface area contributed by atoms with Crippen LogP contribution >= 0.6 is 11.6 Å². The van der Waals surface area contributed by atoms with Crippen molar-refractivity contribution in [3.05, 3.63) is 5.28 Å². The van der Waals surface area contributed by atoms with Crippen LogP contribution in [0.15, 0.2) is 0 Å². The molecule has 1 rings (SSSR count). The number of nitrogen functional groups attached to an aromatic ring is 1. The Balaban J connectivity index is 2.60. The van der Waals surface area contributed by atoms with Crippen LogP contribution in [0.1, 0.15) is 20.3 Å². The minimum atomic E-state index is -0.0530. The quantitative estimate of drug-likeness (QED) is 0.714. The van der Waals surface area contributed by atoms with Gasteiger partial charge in [-0.2, -0.15) is 15.0 Å². The van der Waals surface area contributed by atoms with E-state index in [4.69, 9.17) is 22.4 Å². The van der Waals surface area contributed by atoms with Gasteiger partial charge in [0.1, 0.15) is 0 Å². The van der Waals surface area contributed by atoms with Gasteiger partial charge in [0, 0.05) is 13.2 Å². The summed E-state index contributed by atoms with van der Waals surface area (Å²) in [6.45, 7) is 4.83. The number of halogens is 1. The third-order valence-electron chi connectivity index (χ3n) is 2.14. The van der Waals surface area contributed by atoms with E-state index in [9.17, 15) is 0 Å². The fourth-order valence-electron chi connectivity index (χ4n) is 1.15. The van der Waals surface area contributed by atoms with E-state index in [1.807, 2.05) is 13.8 Å². The first-order chi connectivity index (χ1) is 7.43. The molecule has 1 aromatic heterocycles. The third kappa shape index (κ3) is 4.16. The molecule has 0 saturated carbocycles. The van der Waals surface area contributed by atoms with Gasteiger partial charge in [-0.25, -0.2) is 0 Å². The van der Waals surface area contributed by atoms with Crippen LogP contribution in [0.2, 0.25) is 5.28 Å². The van der Waals surface area contributed by atoms with Gasteiger partial charge < -0.3 is 16.2 Å². The van der Waals surface area contributed by atoms with E-state index in [1.165, 1.54) is 0 Å². The van der Waals surface area contributed by atoms with Crippen LogP contribution in [-0.4, -0.2) is 33.2 Å². The lowest BCUT2D eigenvalue weighted by atomic mass is 9.90. The number of nitrogens with one attached hydrogen (secondary N) is 1. The second kappa shape index (κ2) is 5.27. The number of aliphatic hydroxyl groups is 1. The molecule has 0 aliphatic carbocycles. The van der Waals surface area contributed by atoms with Gasteiger partial charge in [0.25, 0.3) is 0 Å². The molecule has 0 radical (unpaired) electrons. The molecule has 90 valence electrons. The number of hydrogen-bond acceptors (Lipinski definition) is 6. The number of nitrogens with zero attached hydrogens (tertiary/aromatic N) is 3. The lowest BCUT2D eigenvalue weighted by molar-refractivity contribution is 0.220. The molecule has 0 unspecified atom stereocenters. The lowest BCUT2D eigenvalue weighted by Crippen LogP contribution is -2.25. The number of nitrogens with two attached hydrogens (primary N) is 1. The molecule has 0 amide bonds. The van der Waals surface area contributed by atoms with Gasteiger partial charge in [0.15, 0.2) is 0 Å². The van der Waals surface area contributed by atoms with Gasteiger partial charge in [0.2, 0.25) is 17.2 Å². The van der Waals surface area contributed by atoms with Crippen LogP contribution in [0.3, 0.4) is 0 Å². The zero-order chi connectivity index (χ0) is 12.2. The number of hydrogen-bond donors (Lipinski definition) is 3. The summed E-state index contributed by atoms with van der Waals surface area (Å²) in [4.78, 5) is 11.4. The van der Waals surface area contributed by atoms with Crippen LogP contribution in [0.4, 0.5) is 11.9 Å². The molecule has 0 atom stereocenters. The van der Waals surface area contributed by atoms with Crippen molar-refractivity contribution in [3.8, 4) is 0 Å². The molecule has 6 nitrogen and oxygen atoms in total. The molecule has 0 aliphatic rings. The van der Waals surface area contributed by atoms with E-state index in [0.717, 1.165) is 0 Å². The van der Waals surface area contributed by atoms with Crippen molar-refractivity contribution in [2.75, 3.05) is 24.2 Å². The second-order valence-corrected chi connectivity index (χ2v) is 4.62. The van der Waals surface area contributed by atoms with E-state index >= 15 is 0 Å². The molecule has 1 heterocycles. The monoisotopic (exact) mass is 245 g/mol. The predicted octanol–water partition coefficient (Wildman–Crippen LogP) is 0.928. The summed E-state index contributed by atoms with van der Waals surface area (Å²) in [5.74, 6) is 0.436. The number of aliphatic hydroxyl groups excluding tert-OH is 1. The van der Waals surface area contributed by atoms with Crippen LogP contribution in [-0.2, 0) is 0 Å². The molecule has 0 saturated heterocycles. The Bertz CT molecular complexity index is 338. The molecule has 1 aromatic rings. The molecule has 4 N–H and O–H groups in total. The van der Waals surface area contributed by atoms with E-state index < -0.39 is 0 Å². The first kappa shape index (κ1) is 12.9. The topological polar surface area (TPSA) is 97.0 Å². The standard InChI is InChI=1S/C9H16ClN5O/c1-9(2,3-4-16)5-12-8-14-6(10)13-7(11)15-8/h16H,3-5H2,1-2H3,(H3,11,12,13,14,15). The minimum absolute atomic E-state index is 0.0530. The van der Waals surface area contributed by atoms with Gasteiger partial charge in [-0.15, -0.1) is 0 Å². The molecule has 0 aliphatic heterocycles. The van der Waals surface area contributed by atoms with E-state index in [-0.39, 0.29) is 23.3 Å². The summed E-state index contributed by atoms with van der Waals surface area (Å²) in [5, 5.41) is 12.0. The predicted molar refractivity (Wildman–Crippen MR) is 63.2 cm³/mol. The van der Waals surface area contributed by atoms with Crippen LogP contribution < -0.4 is 11.1 Å². The molecule has 16 heavy (non-hydrogen) atoms. The Morgan fingerprint density at radius 2 is 2.06 bits per heavy atom. The summed E-state index contributed by atoms with van der Waals surface area (Å²) in [6, 6.07) is 0. The number of anilines is 2. The SMILES string of the molecule is CC(C)(CCO)CNc1nc(N)nc(Cl)n1. The highest BCUT2D eigenvalue weighted by Gasteiger charge is 2.17. The third-order valence-corrected chi connectivity index (χ3v) is 2.31. The summed E-state index contributed by atoms with van der Waals surface area (Å²) in [7, 11) is 0. The molecular formula is C9H16ClN5O. The Hall–Kier alpha value is -1.14. The maximum absolute atomic E-state index is 8.88. The molecule has 0 aromatic carbocycles. The first-order valence-electron chi connectivity index (χ1n) is 4.95. The van der Waals surface area contributed by atoms with Crippen molar-refractivity contribution in [1.82, 2.24) is 15.0 Å². The lowest BCUT2D eigenvalue weighted by Gasteiger charge is -2.23. The highest BCUT2D eigenvalue weighted by Crippen LogP contribution is 2.20.